The quantitative estimate of drug-likeness (QED) is 0.654. The highest BCUT2D eigenvalue weighted by atomic mass is 16.2. The predicted octanol–water partition coefficient (Wildman–Crippen LogP) is 3.66. The molecule has 1 N–H and O–H groups in total. The number of nitrogens with one attached hydrogen (secondary N) is 1. The van der Waals surface area contributed by atoms with Gasteiger partial charge in [-0.3, -0.25) is 9.59 Å². The van der Waals surface area contributed by atoms with E-state index in [2.05, 4.69) is 5.32 Å². The lowest BCUT2D eigenvalue weighted by Gasteiger charge is -2.26. The van der Waals surface area contributed by atoms with Gasteiger partial charge in [0.25, 0.3) is 0 Å². The number of likely N-dealkylation sites (N-methyl/N-ethyl adjacent to an activating group) is 1. The second-order valence-electron chi connectivity index (χ2n) is 7.77. The molecule has 1 aromatic heterocycles. The first-order valence-electron chi connectivity index (χ1n) is 10.1. The lowest BCUT2D eigenvalue weighted by atomic mass is 10.0. The van der Waals surface area contributed by atoms with Crippen molar-refractivity contribution in [2.45, 2.75) is 33.4 Å². The summed E-state index contributed by atoms with van der Waals surface area (Å²) in [5.41, 5.74) is 3.71. The van der Waals surface area contributed by atoms with E-state index < -0.39 is 6.04 Å². The maximum atomic E-state index is 13.0. The predicted molar refractivity (Wildman–Crippen MR) is 118 cm³/mol. The third-order valence-corrected chi connectivity index (χ3v) is 4.93. The Bertz CT molecular complexity index is 997. The van der Waals surface area contributed by atoms with E-state index in [0.29, 0.717) is 6.54 Å². The average molecular weight is 405 g/mol. The molecule has 0 radical (unpaired) electrons. The first-order valence-corrected chi connectivity index (χ1v) is 10.1. The third kappa shape index (κ3) is 4.95. The number of hydrogen-bond donors (Lipinski definition) is 1. The van der Waals surface area contributed by atoms with Crippen LogP contribution in [-0.2, 0) is 16.1 Å². The monoisotopic (exact) mass is 404 g/mol. The molecule has 0 aliphatic rings. The SMILES string of the molecule is CC(=O)NC(C(=O)N(C)Cc1cn(-c2ccccc2)nc1-c1ccccc1)C(C)C. The topological polar surface area (TPSA) is 67.2 Å². The van der Waals surface area contributed by atoms with Gasteiger partial charge in [0.1, 0.15) is 6.04 Å². The van der Waals surface area contributed by atoms with Crippen molar-refractivity contribution in [3.63, 3.8) is 0 Å². The summed E-state index contributed by atoms with van der Waals surface area (Å²) < 4.78 is 1.84. The van der Waals surface area contributed by atoms with Crippen LogP contribution in [0.5, 0.6) is 0 Å². The maximum absolute atomic E-state index is 13.0. The summed E-state index contributed by atoms with van der Waals surface area (Å²) in [6, 6.07) is 19.3. The summed E-state index contributed by atoms with van der Waals surface area (Å²) in [5.74, 6) is -0.339. The van der Waals surface area contributed by atoms with Crippen LogP contribution >= 0.6 is 0 Å². The number of nitrogens with zero attached hydrogens (tertiary/aromatic N) is 3. The van der Waals surface area contributed by atoms with Crippen LogP contribution in [0, 0.1) is 5.92 Å². The van der Waals surface area contributed by atoms with Gasteiger partial charge in [-0.15, -0.1) is 0 Å². The van der Waals surface area contributed by atoms with Gasteiger partial charge in [0.2, 0.25) is 11.8 Å². The molecule has 0 aliphatic heterocycles. The third-order valence-electron chi connectivity index (χ3n) is 4.93. The lowest BCUT2D eigenvalue weighted by Crippen LogP contribution is -2.49. The van der Waals surface area contributed by atoms with Crippen molar-refractivity contribution in [3.05, 3.63) is 72.4 Å². The van der Waals surface area contributed by atoms with Gasteiger partial charge in [-0.05, 0) is 18.1 Å². The Balaban J connectivity index is 1.93. The summed E-state index contributed by atoms with van der Waals surface area (Å²) in [6.07, 6.45) is 1.96. The Kier molecular flexibility index (Phi) is 6.67. The van der Waals surface area contributed by atoms with E-state index in [-0.39, 0.29) is 17.7 Å². The minimum Gasteiger partial charge on any atom is -0.344 e. The summed E-state index contributed by atoms with van der Waals surface area (Å²) >= 11 is 0. The van der Waals surface area contributed by atoms with Crippen LogP contribution in [0.3, 0.4) is 0 Å². The van der Waals surface area contributed by atoms with E-state index >= 15 is 0 Å². The minimum absolute atomic E-state index is 0.00974. The fourth-order valence-electron chi connectivity index (χ4n) is 3.38. The zero-order valence-corrected chi connectivity index (χ0v) is 17.9. The molecule has 2 aromatic carbocycles. The number of carbonyl (C=O) groups is 2. The molecule has 3 rings (SSSR count). The largest absolute Gasteiger partial charge is 0.344 e. The molecule has 6 heteroatoms. The van der Waals surface area contributed by atoms with E-state index in [0.717, 1.165) is 22.5 Å². The van der Waals surface area contributed by atoms with E-state index in [1.165, 1.54) is 6.92 Å². The van der Waals surface area contributed by atoms with Crippen LogP contribution in [0.2, 0.25) is 0 Å². The molecule has 0 spiro atoms. The Labute approximate surface area is 177 Å². The minimum atomic E-state index is -0.558. The summed E-state index contributed by atoms with van der Waals surface area (Å²) in [5, 5.41) is 7.57. The number of benzene rings is 2. The van der Waals surface area contributed by atoms with Gasteiger partial charge in [0.15, 0.2) is 0 Å². The fourth-order valence-corrected chi connectivity index (χ4v) is 3.38. The number of amides is 2. The van der Waals surface area contributed by atoms with Crippen LogP contribution in [0.25, 0.3) is 16.9 Å². The van der Waals surface area contributed by atoms with Crippen LogP contribution < -0.4 is 5.32 Å². The second-order valence-corrected chi connectivity index (χ2v) is 7.77. The molecule has 1 unspecified atom stereocenters. The molecule has 1 heterocycles. The molecule has 1 atom stereocenters. The highest BCUT2D eigenvalue weighted by Gasteiger charge is 2.27. The van der Waals surface area contributed by atoms with Gasteiger partial charge in [-0.25, -0.2) is 4.68 Å². The molecule has 0 aliphatic carbocycles. The van der Waals surface area contributed by atoms with Crippen molar-refractivity contribution in [2.75, 3.05) is 7.05 Å². The molecular weight excluding hydrogens is 376 g/mol. The zero-order valence-electron chi connectivity index (χ0n) is 17.9. The van der Waals surface area contributed by atoms with Gasteiger partial charge in [0, 0.05) is 37.8 Å². The van der Waals surface area contributed by atoms with E-state index in [9.17, 15) is 9.59 Å². The maximum Gasteiger partial charge on any atom is 0.245 e. The van der Waals surface area contributed by atoms with Gasteiger partial charge in [-0.2, -0.15) is 5.10 Å². The van der Waals surface area contributed by atoms with Gasteiger partial charge in [0.05, 0.1) is 11.4 Å². The number of aromatic nitrogens is 2. The molecule has 2 amide bonds. The summed E-state index contributed by atoms with van der Waals surface area (Å²) in [4.78, 5) is 26.2. The molecule has 30 heavy (non-hydrogen) atoms. The Morgan fingerprint density at radius 2 is 1.63 bits per heavy atom. The van der Waals surface area contributed by atoms with Crippen molar-refractivity contribution in [2.24, 2.45) is 5.92 Å². The lowest BCUT2D eigenvalue weighted by molar-refractivity contribution is -0.136. The molecule has 0 fully saturated rings. The normalized spacial score (nSPS) is 11.9. The number of hydrogen-bond acceptors (Lipinski definition) is 3. The molecule has 156 valence electrons. The Morgan fingerprint density at radius 1 is 1.03 bits per heavy atom. The van der Waals surface area contributed by atoms with Crippen LogP contribution in [0.15, 0.2) is 66.9 Å². The molecule has 6 nitrogen and oxygen atoms in total. The van der Waals surface area contributed by atoms with E-state index in [1.807, 2.05) is 85.4 Å². The zero-order chi connectivity index (χ0) is 21.7. The molecule has 0 saturated heterocycles. The van der Waals surface area contributed by atoms with Gasteiger partial charge < -0.3 is 10.2 Å². The smallest absolute Gasteiger partial charge is 0.245 e. The highest BCUT2D eigenvalue weighted by molar-refractivity contribution is 5.87. The van der Waals surface area contributed by atoms with Gasteiger partial charge in [-0.1, -0.05) is 62.4 Å². The second kappa shape index (κ2) is 9.39. The van der Waals surface area contributed by atoms with Crippen molar-refractivity contribution in [3.8, 4) is 16.9 Å². The summed E-state index contributed by atoms with van der Waals surface area (Å²) in [6.45, 7) is 5.67. The highest BCUT2D eigenvalue weighted by Crippen LogP contribution is 2.25. The van der Waals surface area contributed by atoms with Crippen molar-refractivity contribution in [1.82, 2.24) is 20.0 Å². The van der Waals surface area contributed by atoms with Crippen molar-refractivity contribution in [1.29, 1.82) is 0 Å². The molecular formula is C24H28N4O2. The number of para-hydroxylation sites is 1. The Hall–Kier alpha value is -3.41. The standard InChI is InChI=1S/C24H28N4O2/c1-17(2)22(25-18(3)29)24(30)27(4)15-20-16-28(21-13-9-6-10-14-21)26-23(20)19-11-7-5-8-12-19/h5-14,16-17,22H,15H2,1-4H3,(H,25,29). The average Bonchev–Trinajstić information content (AvgIpc) is 3.16. The summed E-state index contributed by atoms with van der Waals surface area (Å²) in [7, 11) is 1.76. The molecule has 0 bridgehead atoms. The van der Waals surface area contributed by atoms with Crippen molar-refractivity contribution >= 4 is 11.8 Å². The van der Waals surface area contributed by atoms with Crippen LogP contribution in [0.1, 0.15) is 26.3 Å². The van der Waals surface area contributed by atoms with Crippen LogP contribution in [0.4, 0.5) is 0 Å². The number of rotatable bonds is 7. The van der Waals surface area contributed by atoms with Crippen molar-refractivity contribution < 1.29 is 9.59 Å². The number of carbonyl (C=O) groups excluding carboxylic acids is 2. The fraction of sp³-hybridized carbons (Fsp3) is 0.292. The van der Waals surface area contributed by atoms with Gasteiger partial charge >= 0.3 is 0 Å². The van der Waals surface area contributed by atoms with E-state index in [4.69, 9.17) is 5.10 Å². The first-order chi connectivity index (χ1) is 14.4. The Morgan fingerprint density at radius 3 is 2.20 bits per heavy atom. The van der Waals surface area contributed by atoms with Crippen LogP contribution in [-0.4, -0.2) is 39.6 Å². The molecule has 0 saturated carbocycles. The first kappa shape index (κ1) is 21.3. The van der Waals surface area contributed by atoms with E-state index in [1.54, 1.807) is 11.9 Å². The molecule has 3 aromatic rings.